The van der Waals surface area contributed by atoms with Crippen molar-refractivity contribution in [3.8, 4) is 5.69 Å². The van der Waals surface area contributed by atoms with Crippen molar-refractivity contribution in [2.75, 3.05) is 11.1 Å². The van der Waals surface area contributed by atoms with E-state index in [1.54, 1.807) is 6.20 Å². The number of nitrogens with one attached hydrogen (secondary N) is 1. The molecule has 2 aromatic heterocycles. The van der Waals surface area contributed by atoms with Crippen LogP contribution >= 0.6 is 23.1 Å². The van der Waals surface area contributed by atoms with Crippen LogP contribution in [0, 0.1) is 13.8 Å². The third-order valence-electron chi connectivity index (χ3n) is 3.58. The molecule has 0 radical (unpaired) electrons. The number of imidazole rings is 1. The van der Waals surface area contributed by atoms with Crippen molar-refractivity contribution in [3.63, 3.8) is 0 Å². The second-order valence-electron chi connectivity index (χ2n) is 5.56. The van der Waals surface area contributed by atoms with E-state index >= 15 is 0 Å². The van der Waals surface area contributed by atoms with Gasteiger partial charge in [0.15, 0.2) is 5.16 Å². The normalized spacial score (nSPS) is 10.8. The van der Waals surface area contributed by atoms with Crippen molar-refractivity contribution in [1.82, 2.24) is 19.7 Å². The highest BCUT2D eigenvalue weighted by Gasteiger charge is 2.12. The van der Waals surface area contributed by atoms with E-state index in [9.17, 15) is 4.79 Å². The van der Waals surface area contributed by atoms with E-state index in [0.29, 0.717) is 5.13 Å². The van der Waals surface area contributed by atoms with Crippen LogP contribution in [-0.2, 0) is 11.2 Å². The Hall–Kier alpha value is -2.19. The van der Waals surface area contributed by atoms with Gasteiger partial charge in [-0.3, -0.25) is 14.7 Å². The van der Waals surface area contributed by atoms with Crippen molar-refractivity contribution in [1.29, 1.82) is 0 Å². The van der Waals surface area contributed by atoms with Gasteiger partial charge in [-0.05, 0) is 37.5 Å². The van der Waals surface area contributed by atoms with E-state index in [0.717, 1.165) is 27.8 Å². The summed E-state index contributed by atoms with van der Waals surface area (Å²) < 4.78 is 2.01. The molecule has 8 heteroatoms. The van der Waals surface area contributed by atoms with Gasteiger partial charge in [0, 0.05) is 12.4 Å². The molecule has 0 atom stereocenters. The first-order valence-corrected chi connectivity index (χ1v) is 9.73. The highest BCUT2D eigenvalue weighted by molar-refractivity contribution is 7.99. The number of carbonyl (C=O) groups is 1. The zero-order valence-corrected chi connectivity index (χ0v) is 15.9. The lowest BCUT2D eigenvalue weighted by Crippen LogP contribution is -2.14. The average Bonchev–Trinajstić information content (AvgIpc) is 3.24. The molecule has 0 fully saturated rings. The zero-order chi connectivity index (χ0) is 17.8. The number of hydrogen-bond acceptors (Lipinski definition) is 6. The molecule has 6 nitrogen and oxygen atoms in total. The molecule has 1 N–H and O–H groups in total. The van der Waals surface area contributed by atoms with Crippen LogP contribution in [0.15, 0.2) is 35.7 Å². The molecule has 0 aliphatic carbocycles. The molecule has 25 heavy (non-hydrogen) atoms. The molecule has 130 valence electrons. The molecular formula is C17H19N5OS2. The summed E-state index contributed by atoms with van der Waals surface area (Å²) in [7, 11) is 0. The van der Waals surface area contributed by atoms with Gasteiger partial charge in [0.1, 0.15) is 5.01 Å². The number of rotatable bonds is 6. The Morgan fingerprint density at radius 2 is 2.16 bits per heavy atom. The summed E-state index contributed by atoms with van der Waals surface area (Å²) in [5.41, 5.74) is 3.43. The lowest BCUT2D eigenvalue weighted by Gasteiger charge is -2.11. The first kappa shape index (κ1) is 17.6. The fourth-order valence-corrected chi connectivity index (χ4v) is 3.75. The highest BCUT2D eigenvalue weighted by Crippen LogP contribution is 2.24. The van der Waals surface area contributed by atoms with Crippen molar-refractivity contribution in [2.45, 2.75) is 32.3 Å². The van der Waals surface area contributed by atoms with E-state index in [2.05, 4.69) is 52.5 Å². The second-order valence-corrected chi connectivity index (χ2v) is 7.57. The minimum absolute atomic E-state index is 0.112. The number of anilines is 1. The standard InChI is InChI=1S/C17H19N5OS2/c1-4-15-20-21-16(25-15)19-14(23)10-24-17-18-7-8-22(17)13-9-11(2)5-6-12(13)3/h5-9H,4,10H2,1-3H3,(H,19,21,23). The van der Waals surface area contributed by atoms with Gasteiger partial charge in [0.25, 0.3) is 0 Å². The SMILES string of the molecule is CCc1nnc(NC(=O)CSc2nccn2-c2cc(C)ccc2C)s1. The third-order valence-corrected chi connectivity index (χ3v) is 5.53. The fourth-order valence-electron chi connectivity index (χ4n) is 2.29. The topological polar surface area (TPSA) is 72.7 Å². The number of hydrogen-bond donors (Lipinski definition) is 1. The van der Waals surface area contributed by atoms with Crippen LogP contribution in [0.3, 0.4) is 0 Å². The fraction of sp³-hybridized carbons (Fsp3) is 0.294. The van der Waals surface area contributed by atoms with Crippen LogP contribution < -0.4 is 5.32 Å². The van der Waals surface area contributed by atoms with Crippen molar-refractivity contribution >= 4 is 34.1 Å². The van der Waals surface area contributed by atoms with Gasteiger partial charge >= 0.3 is 0 Å². The summed E-state index contributed by atoms with van der Waals surface area (Å²) in [6.07, 6.45) is 4.48. The maximum absolute atomic E-state index is 12.1. The Kier molecular flexibility index (Phi) is 5.50. The quantitative estimate of drug-likeness (QED) is 0.668. The number of thioether (sulfide) groups is 1. The predicted molar refractivity (Wildman–Crippen MR) is 102 cm³/mol. The summed E-state index contributed by atoms with van der Waals surface area (Å²) in [5.74, 6) is 0.155. The second kappa shape index (κ2) is 7.79. The summed E-state index contributed by atoms with van der Waals surface area (Å²) in [6.45, 7) is 6.14. The van der Waals surface area contributed by atoms with Gasteiger partial charge in [-0.1, -0.05) is 42.2 Å². The summed E-state index contributed by atoms with van der Waals surface area (Å²) in [4.78, 5) is 16.5. The first-order chi connectivity index (χ1) is 12.1. The van der Waals surface area contributed by atoms with Crippen molar-refractivity contribution in [2.24, 2.45) is 0 Å². The molecule has 3 aromatic rings. The zero-order valence-electron chi connectivity index (χ0n) is 14.3. The Morgan fingerprint density at radius 3 is 2.92 bits per heavy atom. The maximum atomic E-state index is 12.1. The smallest absolute Gasteiger partial charge is 0.236 e. The Balaban J connectivity index is 1.67. The average molecular weight is 374 g/mol. The minimum Gasteiger partial charge on any atom is -0.300 e. The summed E-state index contributed by atoms with van der Waals surface area (Å²) >= 11 is 2.80. The predicted octanol–water partition coefficient (Wildman–Crippen LogP) is 3.63. The van der Waals surface area contributed by atoms with Crippen LogP contribution in [0.5, 0.6) is 0 Å². The molecule has 1 aromatic carbocycles. The van der Waals surface area contributed by atoms with Crippen LogP contribution in [0.25, 0.3) is 5.69 Å². The molecule has 1 amide bonds. The lowest BCUT2D eigenvalue weighted by atomic mass is 10.1. The highest BCUT2D eigenvalue weighted by atomic mass is 32.2. The number of amides is 1. The van der Waals surface area contributed by atoms with E-state index < -0.39 is 0 Å². The molecule has 0 unspecified atom stereocenters. The van der Waals surface area contributed by atoms with Gasteiger partial charge in [-0.25, -0.2) is 4.98 Å². The number of aromatic nitrogens is 4. The maximum Gasteiger partial charge on any atom is 0.236 e. The van der Waals surface area contributed by atoms with E-state index in [1.807, 2.05) is 17.7 Å². The van der Waals surface area contributed by atoms with Gasteiger partial charge in [-0.15, -0.1) is 10.2 Å². The largest absolute Gasteiger partial charge is 0.300 e. The number of nitrogens with zero attached hydrogens (tertiary/aromatic N) is 4. The van der Waals surface area contributed by atoms with E-state index in [-0.39, 0.29) is 11.7 Å². The first-order valence-electron chi connectivity index (χ1n) is 7.93. The van der Waals surface area contributed by atoms with Crippen molar-refractivity contribution in [3.05, 3.63) is 46.7 Å². The third kappa shape index (κ3) is 4.26. The van der Waals surface area contributed by atoms with Crippen molar-refractivity contribution < 1.29 is 4.79 Å². The van der Waals surface area contributed by atoms with Crippen LogP contribution in [0.1, 0.15) is 23.1 Å². The molecule has 0 spiro atoms. The molecule has 3 rings (SSSR count). The van der Waals surface area contributed by atoms with Gasteiger partial charge in [0.05, 0.1) is 11.4 Å². The number of carbonyl (C=O) groups excluding carboxylic acids is 1. The molecular weight excluding hydrogens is 354 g/mol. The summed E-state index contributed by atoms with van der Waals surface area (Å²) in [5, 5.41) is 13.0. The van der Waals surface area contributed by atoms with Gasteiger partial charge in [0.2, 0.25) is 11.0 Å². The molecule has 0 aliphatic rings. The molecule has 2 heterocycles. The number of aryl methyl sites for hydroxylation is 3. The molecule has 0 bridgehead atoms. The van der Waals surface area contributed by atoms with E-state index in [4.69, 9.17) is 0 Å². The van der Waals surface area contributed by atoms with E-state index in [1.165, 1.54) is 28.7 Å². The van der Waals surface area contributed by atoms with Gasteiger partial charge < -0.3 is 0 Å². The van der Waals surface area contributed by atoms with Crippen LogP contribution in [0.4, 0.5) is 5.13 Å². The van der Waals surface area contributed by atoms with Crippen LogP contribution in [-0.4, -0.2) is 31.4 Å². The Bertz CT molecular complexity index is 887. The summed E-state index contributed by atoms with van der Waals surface area (Å²) in [6, 6.07) is 6.30. The van der Waals surface area contributed by atoms with Gasteiger partial charge in [-0.2, -0.15) is 0 Å². The van der Waals surface area contributed by atoms with Crippen LogP contribution in [0.2, 0.25) is 0 Å². The Morgan fingerprint density at radius 1 is 1.32 bits per heavy atom. The number of benzene rings is 1. The lowest BCUT2D eigenvalue weighted by molar-refractivity contribution is -0.113. The molecule has 0 saturated carbocycles. The minimum atomic E-state index is -0.112. The monoisotopic (exact) mass is 373 g/mol. The Labute approximate surface area is 154 Å². The molecule has 0 saturated heterocycles. The molecule has 0 aliphatic heterocycles.